The minimum Gasteiger partial charge on any atom is -0.338 e. The van der Waals surface area contributed by atoms with E-state index in [2.05, 4.69) is 4.98 Å². The average Bonchev–Trinajstić information content (AvgIpc) is 2.86. The molecule has 92 valence electrons. The van der Waals surface area contributed by atoms with Crippen LogP contribution in [0.2, 0.25) is 0 Å². The second-order valence-electron chi connectivity index (χ2n) is 4.47. The van der Waals surface area contributed by atoms with Gasteiger partial charge in [0.1, 0.15) is 5.78 Å². The third kappa shape index (κ3) is 1.88. The Morgan fingerprint density at radius 1 is 1.28 bits per heavy atom. The lowest BCUT2D eigenvalue weighted by Crippen LogP contribution is -2.38. The fraction of sp³-hybridized carbons (Fsp3) is 0.308. The number of carbonyl (C=O) groups excluding carboxylic acids is 2. The van der Waals surface area contributed by atoms with E-state index >= 15 is 0 Å². The van der Waals surface area contributed by atoms with Crippen LogP contribution in [0.15, 0.2) is 30.9 Å². The number of likely N-dealkylation sites (tertiary alicyclic amines) is 1. The normalized spacial score (nSPS) is 16.2. The number of rotatable bonds is 1. The molecule has 2 aromatic rings. The highest BCUT2D eigenvalue weighted by molar-refractivity contribution is 5.96. The van der Waals surface area contributed by atoms with Crippen molar-refractivity contribution in [1.82, 2.24) is 14.3 Å². The van der Waals surface area contributed by atoms with Gasteiger partial charge in [0, 0.05) is 37.7 Å². The number of pyridine rings is 1. The van der Waals surface area contributed by atoms with E-state index in [9.17, 15) is 9.59 Å². The summed E-state index contributed by atoms with van der Waals surface area (Å²) in [5.74, 6) is 0.233. The number of hydrogen-bond donors (Lipinski definition) is 0. The summed E-state index contributed by atoms with van der Waals surface area (Å²) in [7, 11) is 0. The summed E-state index contributed by atoms with van der Waals surface area (Å²) in [5.41, 5.74) is 1.55. The second-order valence-corrected chi connectivity index (χ2v) is 4.47. The lowest BCUT2D eigenvalue weighted by molar-refractivity contribution is -0.120. The van der Waals surface area contributed by atoms with E-state index in [-0.39, 0.29) is 11.7 Å². The zero-order valence-corrected chi connectivity index (χ0v) is 9.87. The monoisotopic (exact) mass is 243 g/mol. The Labute approximate surface area is 104 Å². The fourth-order valence-electron chi connectivity index (χ4n) is 2.19. The average molecular weight is 243 g/mol. The van der Waals surface area contributed by atoms with Crippen LogP contribution < -0.4 is 0 Å². The molecule has 1 amide bonds. The summed E-state index contributed by atoms with van der Waals surface area (Å²) in [4.78, 5) is 29.2. The Morgan fingerprint density at radius 2 is 2.06 bits per heavy atom. The molecule has 1 fully saturated rings. The molecule has 1 aliphatic heterocycles. The topological polar surface area (TPSA) is 54.7 Å². The van der Waals surface area contributed by atoms with Gasteiger partial charge in [0.15, 0.2) is 0 Å². The van der Waals surface area contributed by atoms with Crippen LogP contribution in [0.5, 0.6) is 0 Å². The van der Waals surface area contributed by atoms with Gasteiger partial charge in [0.2, 0.25) is 0 Å². The lowest BCUT2D eigenvalue weighted by atomic mass is 10.1. The van der Waals surface area contributed by atoms with Crippen LogP contribution in [0, 0.1) is 0 Å². The van der Waals surface area contributed by atoms with Crippen molar-refractivity contribution in [2.45, 2.75) is 12.8 Å². The number of piperidine rings is 1. The largest absolute Gasteiger partial charge is 0.338 e. The standard InChI is InChI=1S/C13H13N3O2/c17-12-2-5-15(6-3-12)13(18)10-1-4-16-9-14-8-11(16)7-10/h1,4,7-9H,2-3,5-6H2. The van der Waals surface area contributed by atoms with Gasteiger partial charge in [-0.1, -0.05) is 0 Å². The molecule has 0 unspecified atom stereocenters. The number of Topliss-reactive ketones (excluding diaryl/α,β-unsaturated/α-hetero) is 1. The molecule has 2 aromatic heterocycles. The van der Waals surface area contributed by atoms with Crippen LogP contribution in [0.3, 0.4) is 0 Å². The smallest absolute Gasteiger partial charge is 0.254 e. The van der Waals surface area contributed by atoms with E-state index in [1.54, 1.807) is 23.5 Å². The Bertz CT molecular complexity index is 607. The Balaban J connectivity index is 1.84. The molecule has 1 saturated heterocycles. The van der Waals surface area contributed by atoms with Gasteiger partial charge in [-0.15, -0.1) is 0 Å². The van der Waals surface area contributed by atoms with Crippen molar-refractivity contribution >= 4 is 17.2 Å². The van der Waals surface area contributed by atoms with Gasteiger partial charge >= 0.3 is 0 Å². The zero-order valence-electron chi connectivity index (χ0n) is 9.87. The van der Waals surface area contributed by atoms with Crippen molar-refractivity contribution in [1.29, 1.82) is 0 Å². The number of amides is 1. The predicted molar refractivity (Wildman–Crippen MR) is 65.3 cm³/mol. The van der Waals surface area contributed by atoms with Crippen molar-refractivity contribution in [2.24, 2.45) is 0 Å². The highest BCUT2D eigenvalue weighted by Crippen LogP contribution is 2.13. The number of carbonyl (C=O) groups is 2. The molecule has 0 aromatic carbocycles. The van der Waals surface area contributed by atoms with E-state index in [0.717, 1.165) is 5.52 Å². The van der Waals surface area contributed by atoms with Crippen molar-refractivity contribution < 1.29 is 9.59 Å². The molecule has 0 radical (unpaired) electrons. The van der Waals surface area contributed by atoms with E-state index in [1.807, 2.05) is 16.7 Å². The molecule has 0 saturated carbocycles. The van der Waals surface area contributed by atoms with Gasteiger partial charge in [0.25, 0.3) is 5.91 Å². The molecule has 0 spiro atoms. The SMILES string of the molecule is O=C1CCN(C(=O)c2ccn3cncc3c2)CC1. The zero-order chi connectivity index (χ0) is 12.5. The summed E-state index contributed by atoms with van der Waals surface area (Å²) in [6.07, 6.45) is 6.19. The Morgan fingerprint density at radius 3 is 2.83 bits per heavy atom. The molecule has 0 atom stereocenters. The predicted octanol–water partition coefficient (Wildman–Crippen LogP) is 1.14. The summed E-state index contributed by atoms with van der Waals surface area (Å²) in [6.45, 7) is 1.06. The Hall–Kier alpha value is -2.17. The third-order valence-corrected chi connectivity index (χ3v) is 3.27. The minimum atomic E-state index is -0.00815. The van der Waals surface area contributed by atoms with Gasteiger partial charge < -0.3 is 9.30 Å². The molecule has 5 nitrogen and oxygen atoms in total. The molecular weight excluding hydrogens is 230 g/mol. The molecule has 5 heteroatoms. The minimum absolute atomic E-state index is 0.00815. The van der Waals surface area contributed by atoms with Gasteiger partial charge in [-0.2, -0.15) is 0 Å². The summed E-state index contributed by atoms with van der Waals surface area (Å²) in [5, 5.41) is 0. The van der Waals surface area contributed by atoms with E-state index in [1.165, 1.54) is 0 Å². The summed E-state index contributed by atoms with van der Waals surface area (Å²) < 4.78 is 1.86. The first-order valence-corrected chi connectivity index (χ1v) is 5.97. The number of hydrogen-bond acceptors (Lipinski definition) is 3. The first kappa shape index (κ1) is 11.0. The van der Waals surface area contributed by atoms with Crippen LogP contribution in [-0.4, -0.2) is 39.1 Å². The maximum absolute atomic E-state index is 12.3. The van der Waals surface area contributed by atoms with Gasteiger partial charge in [-0.05, 0) is 12.1 Å². The lowest BCUT2D eigenvalue weighted by Gasteiger charge is -2.26. The molecule has 0 N–H and O–H groups in total. The highest BCUT2D eigenvalue weighted by atomic mass is 16.2. The second kappa shape index (κ2) is 4.25. The molecule has 0 bridgehead atoms. The van der Waals surface area contributed by atoms with Crippen molar-refractivity contribution in [2.75, 3.05) is 13.1 Å². The number of fused-ring (bicyclic) bond motifs is 1. The number of nitrogens with zero attached hydrogens (tertiary/aromatic N) is 3. The molecule has 3 rings (SSSR count). The summed E-state index contributed by atoms with van der Waals surface area (Å²) >= 11 is 0. The van der Waals surface area contributed by atoms with Crippen molar-refractivity contribution in [3.05, 3.63) is 36.4 Å². The highest BCUT2D eigenvalue weighted by Gasteiger charge is 2.21. The van der Waals surface area contributed by atoms with E-state index in [0.29, 0.717) is 31.5 Å². The third-order valence-electron chi connectivity index (χ3n) is 3.27. The van der Waals surface area contributed by atoms with Crippen LogP contribution in [0.25, 0.3) is 5.52 Å². The number of imidazole rings is 1. The quantitative estimate of drug-likeness (QED) is 0.754. The molecule has 18 heavy (non-hydrogen) atoms. The number of aromatic nitrogens is 2. The Kier molecular flexibility index (Phi) is 2.59. The van der Waals surface area contributed by atoms with Crippen LogP contribution in [0.4, 0.5) is 0 Å². The molecule has 1 aliphatic rings. The maximum atomic E-state index is 12.3. The molecule has 0 aliphatic carbocycles. The molecule has 3 heterocycles. The first-order valence-electron chi connectivity index (χ1n) is 5.97. The molecular formula is C13H13N3O2. The van der Waals surface area contributed by atoms with E-state index in [4.69, 9.17) is 0 Å². The van der Waals surface area contributed by atoms with Crippen molar-refractivity contribution in [3.63, 3.8) is 0 Å². The van der Waals surface area contributed by atoms with Gasteiger partial charge in [-0.3, -0.25) is 9.59 Å². The number of ketones is 1. The van der Waals surface area contributed by atoms with Gasteiger partial charge in [0.05, 0.1) is 18.0 Å². The fourth-order valence-corrected chi connectivity index (χ4v) is 2.19. The van der Waals surface area contributed by atoms with E-state index < -0.39 is 0 Å². The maximum Gasteiger partial charge on any atom is 0.254 e. The van der Waals surface area contributed by atoms with Crippen LogP contribution in [-0.2, 0) is 4.79 Å². The van der Waals surface area contributed by atoms with Crippen LogP contribution >= 0.6 is 0 Å². The first-order chi connectivity index (χ1) is 8.74. The van der Waals surface area contributed by atoms with Gasteiger partial charge in [-0.25, -0.2) is 4.98 Å². The summed E-state index contributed by atoms with van der Waals surface area (Å²) in [6, 6.07) is 3.61. The van der Waals surface area contributed by atoms with Crippen molar-refractivity contribution in [3.8, 4) is 0 Å². The van der Waals surface area contributed by atoms with Crippen LogP contribution in [0.1, 0.15) is 23.2 Å².